The van der Waals surface area contributed by atoms with E-state index in [4.69, 9.17) is 9.84 Å². The molecule has 6 rings (SSSR count). The van der Waals surface area contributed by atoms with Crippen molar-refractivity contribution in [3.63, 3.8) is 0 Å². The average molecular weight is 855 g/mol. The maximum absolute atomic E-state index is 14.2. The smallest absolute Gasteiger partial charge is 0.425 e. The number of methoxy groups -OCH3 is 1. The second kappa shape index (κ2) is 19.8. The van der Waals surface area contributed by atoms with E-state index < -0.39 is 59.9 Å². The Labute approximate surface area is 328 Å². The van der Waals surface area contributed by atoms with Crippen molar-refractivity contribution in [1.29, 1.82) is 0 Å². The van der Waals surface area contributed by atoms with Crippen LogP contribution in [0.5, 0.6) is 11.8 Å². The van der Waals surface area contributed by atoms with Crippen molar-refractivity contribution in [1.82, 2.24) is 49.6 Å². The van der Waals surface area contributed by atoms with Crippen LogP contribution in [0.3, 0.4) is 0 Å². The number of ether oxygens (including phenoxy) is 4. The molecule has 0 spiro atoms. The normalized spacial score (nSPS) is 12.8. The third-order valence-corrected chi connectivity index (χ3v) is 7.15. The first-order valence-corrected chi connectivity index (χ1v) is 16.6. The zero-order chi connectivity index (χ0) is 43.0. The van der Waals surface area contributed by atoms with Crippen molar-refractivity contribution in [3.8, 4) is 34.3 Å². The summed E-state index contributed by atoms with van der Waals surface area (Å²) in [6, 6.07) is 7.64. The number of nitrogens with zero attached hydrogens (tertiary/aromatic N) is 10. The molecule has 322 valence electrons. The lowest BCUT2D eigenvalue weighted by molar-refractivity contribution is -0.252. The van der Waals surface area contributed by atoms with Gasteiger partial charge in [-0.05, 0) is 64.1 Å². The van der Waals surface area contributed by atoms with Gasteiger partial charge < -0.3 is 24.1 Å². The van der Waals surface area contributed by atoms with Crippen LogP contribution in [0.1, 0.15) is 46.8 Å². The van der Waals surface area contributed by atoms with Gasteiger partial charge in [-0.2, -0.15) is 54.4 Å². The van der Waals surface area contributed by atoms with E-state index in [0.717, 1.165) is 29.8 Å². The van der Waals surface area contributed by atoms with E-state index in [1.807, 2.05) is 0 Å². The van der Waals surface area contributed by atoms with Crippen molar-refractivity contribution in [3.05, 3.63) is 72.1 Å². The predicted octanol–water partition coefficient (Wildman–Crippen LogP) is 7.18. The highest BCUT2D eigenvalue weighted by molar-refractivity contribution is 5.60. The fourth-order valence-electron chi connectivity index (χ4n) is 4.35. The Morgan fingerprint density at radius 3 is 1.56 bits per heavy atom. The molecule has 0 aliphatic carbocycles. The van der Waals surface area contributed by atoms with Gasteiger partial charge in [-0.3, -0.25) is 0 Å². The van der Waals surface area contributed by atoms with Gasteiger partial charge in [0.15, 0.2) is 41.0 Å². The van der Waals surface area contributed by atoms with Crippen LogP contribution in [0.2, 0.25) is 0 Å². The van der Waals surface area contributed by atoms with Crippen molar-refractivity contribution >= 4 is 11.3 Å². The molecule has 6 aromatic rings. The number of hydrogen-bond donors (Lipinski definition) is 1. The Morgan fingerprint density at radius 2 is 1.14 bits per heavy atom. The van der Waals surface area contributed by atoms with E-state index in [1.54, 1.807) is 19.1 Å². The summed E-state index contributed by atoms with van der Waals surface area (Å²) in [6.45, 7) is 4.65. The Morgan fingerprint density at radius 1 is 0.695 bits per heavy atom. The van der Waals surface area contributed by atoms with Gasteiger partial charge >= 0.3 is 18.5 Å². The number of fused-ring (bicyclic) bond motifs is 2. The summed E-state index contributed by atoms with van der Waals surface area (Å²) in [5.41, 5.74) is 1.04. The number of aliphatic hydroxyl groups excluding tert-OH is 1. The van der Waals surface area contributed by atoms with Crippen molar-refractivity contribution < 1.29 is 68.0 Å². The molecular weight excluding hydrogens is 818 g/mol. The van der Waals surface area contributed by atoms with Gasteiger partial charge in [-0.25, -0.2) is 18.7 Å². The van der Waals surface area contributed by atoms with Gasteiger partial charge in [-0.15, -0.1) is 20.4 Å². The molecular formula is C34H36F10N10O5. The molecule has 59 heavy (non-hydrogen) atoms. The lowest BCUT2D eigenvalue weighted by atomic mass is 10.2. The van der Waals surface area contributed by atoms with E-state index in [2.05, 4.69) is 54.8 Å². The molecule has 15 nitrogen and oxygen atoms in total. The Kier molecular flexibility index (Phi) is 15.9. The Bertz CT molecular complexity index is 2290. The number of rotatable bonds is 11. The summed E-state index contributed by atoms with van der Waals surface area (Å²) in [5.74, 6) is -4.23. The van der Waals surface area contributed by atoms with Crippen molar-refractivity contribution in [2.45, 2.75) is 72.4 Å². The van der Waals surface area contributed by atoms with Gasteiger partial charge in [0.05, 0.1) is 18.0 Å². The van der Waals surface area contributed by atoms with Gasteiger partial charge in [-0.1, -0.05) is 7.43 Å². The maximum Gasteiger partial charge on any atom is 0.425 e. The molecule has 0 saturated carbocycles. The fraction of sp³-hybridized carbons (Fsp3) is 0.412. The van der Waals surface area contributed by atoms with E-state index in [1.165, 1.54) is 36.9 Å². The first kappa shape index (κ1) is 47.6. The first-order valence-electron chi connectivity index (χ1n) is 16.6. The third kappa shape index (κ3) is 11.9. The van der Waals surface area contributed by atoms with Crippen LogP contribution in [-0.4, -0.2) is 99.6 Å². The average Bonchev–Trinajstić information content (AvgIpc) is 3.77. The van der Waals surface area contributed by atoms with Gasteiger partial charge in [0, 0.05) is 37.2 Å². The van der Waals surface area contributed by atoms with Crippen LogP contribution >= 0.6 is 0 Å². The third-order valence-electron chi connectivity index (χ3n) is 7.15. The summed E-state index contributed by atoms with van der Waals surface area (Å²) >= 11 is 0. The zero-order valence-electron chi connectivity index (χ0n) is 30.7. The topological polar surface area (TPSA) is 169 Å². The molecule has 0 amide bonds. The molecule has 0 aliphatic heterocycles. The quantitative estimate of drug-likeness (QED) is 0.130. The summed E-state index contributed by atoms with van der Waals surface area (Å²) in [7, 11) is 1.49. The molecule has 0 bridgehead atoms. The Balaban J connectivity index is 0.000000292. The number of aliphatic hydroxyl groups is 1. The highest BCUT2D eigenvalue weighted by atomic mass is 19.4. The molecule has 0 aromatic carbocycles. The van der Waals surface area contributed by atoms with E-state index in [9.17, 15) is 43.9 Å². The standard InChI is InChI=1S/C16H13F6N5O2.C15H13F4N5O2.C2H6O.CH4/c1-3-28-16(21,22)14-25-24-12-5-4-11(26-27(12)14)9-6-10(17)13(23-7-9)29-8(2)15(18,19)20;1-8(15(17,18)19)26-14-10(16)5-9(6-20-14)11-3-4-12-21-22-13(7-25-2)24(12)23-11;1-2-3;/h4-8H,3H2,1-2H3;3-6,8H,7H2,1-2H3;3H,2H2,1H3;1H4/t2*8-;;/m00../s1. The minimum absolute atomic E-state index is 0. The van der Waals surface area contributed by atoms with Crippen LogP contribution in [0.25, 0.3) is 33.8 Å². The summed E-state index contributed by atoms with van der Waals surface area (Å²) in [6.07, 6.45) is -15.4. The maximum atomic E-state index is 14.2. The first-order chi connectivity index (χ1) is 27.2. The van der Waals surface area contributed by atoms with Crippen LogP contribution in [0.4, 0.5) is 43.9 Å². The lowest BCUT2D eigenvalue weighted by Gasteiger charge is -2.17. The molecule has 0 unspecified atom stereocenters. The summed E-state index contributed by atoms with van der Waals surface area (Å²) in [5, 5.41) is 30.5. The van der Waals surface area contributed by atoms with Gasteiger partial charge in [0.1, 0.15) is 6.61 Å². The molecule has 0 aliphatic rings. The van der Waals surface area contributed by atoms with Crippen LogP contribution in [0.15, 0.2) is 48.8 Å². The molecule has 0 saturated heterocycles. The molecule has 0 fully saturated rings. The van der Waals surface area contributed by atoms with E-state index in [-0.39, 0.29) is 49.7 Å². The molecule has 6 aromatic heterocycles. The largest absolute Gasteiger partial charge is 0.463 e. The fourth-order valence-corrected chi connectivity index (χ4v) is 4.35. The van der Waals surface area contributed by atoms with Crippen molar-refractivity contribution in [2.24, 2.45) is 0 Å². The minimum atomic E-state index is -4.70. The van der Waals surface area contributed by atoms with Crippen molar-refractivity contribution in [2.75, 3.05) is 20.3 Å². The van der Waals surface area contributed by atoms with Crippen LogP contribution in [0, 0.1) is 11.6 Å². The second-order valence-corrected chi connectivity index (χ2v) is 11.4. The molecule has 6 heterocycles. The highest BCUT2D eigenvalue weighted by Gasteiger charge is 2.40. The second-order valence-electron chi connectivity index (χ2n) is 11.4. The summed E-state index contributed by atoms with van der Waals surface area (Å²) in [4.78, 5) is 7.16. The Hall–Kier alpha value is -5.82. The monoisotopic (exact) mass is 854 g/mol. The molecule has 25 heteroatoms. The number of hydrogen-bond acceptors (Lipinski definition) is 13. The number of alkyl halides is 8. The van der Waals surface area contributed by atoms with E-state index in [0.29, 0.717) is 24.1 Å². The molecule has 1 N–H and O–H groups in total. The minimum Gasteiger partial charge on any atom is -0.463 e. The van der Waals surface area contributed by atoms with E-state index >= 15 is 0 Å². The van der Waals surface area contributed by atoms with Gasteiger partial charge in [0.25, 0.3) is 17.6 Å². The summed E-state index contributed by atoms with van der Waals surface area (Å²) < 4.78 is 152. The highest BCUT2D eigenvalue weighted by Crippen LogP contribution is 2.31. The number of aromatic nitrogens is 10. The van der Waals surface area contributed by atoms with Gasteiger partial charge in [0.2, 0.25) is 0 Å². The molecule has 0 radical (unpaired) electrons. The number of pyridine rings is 2. The SMILES string of the molecule is C.CCO.CCOC(F)(F)c1nnc2ccc(-c3cnc(O[C@@H](C)C(F)(F)F)c(F)c3)nn12.COCc1nnc2ccc(-c3cnc(O[C@@H](C)C(F)(F)F)c(F)c3)nn12. The lowest BCUT2D eigenvalue weighted by Crippen LogP contribution is -2.31. The van der Waals surface area contributed by atoms with Crippen LogP contribution in [-0.2, 0) is 22.2 Å². The number of halogens is 10. The van der Waals surface area contributed by atoms with Crippen LogP contribution < -0.4 is 9.47 Å². The molecule has 2 atom stereocenters. The predicted molar refractivity (Wildman–Crippen MR) is 186 cm³/mol. The zero-order valence-corrected chi connectivity index (χ0v) is 30.7.